The summed E-state index contributed by atoms with van der Waals surface area (Å²) >= 11 is 0. The van der Waals surface area contributed by atoms with E-state index in [1.807, 2.05) is 0 Å². The van der Waals surface area contributed by atoms with E-state index in [2.05, 4.69) is 24.8 Å². The molecule has 0 amide bonds. The van der Waals surface area contributed by atoms with Crippen molar-refractivity contribution in [3.8, 4) is 0 Å². The summed E-state index contributed by atoms with van der Waals surface area (Å²) in [7, 11) is -7.98. The fraction of sp³-hybridized carbons (Fsp3) is 1.00. The Hall–Kier alpha value is 0.740. The molecule has 0 saturated heterocycles. The maximum Gasteiger partial charge on any atom is 0.284 e. The molecule has 11 heteroatoms. The third kappa shape index (κ3) is 35.1. The number of hydrogen-bond donors (Lipinski definition) is 2. The predicted molar refractivity (Wildman–Crippen MR) is 174 cm³/mol. The van der Waals surface area contributed by atoms with Crippen LogP contribution < -0.4 is 11.0 Å². The molecule has 1 radical (unpaired) electrons. The maximum atomic E-state index is 12.0. The van der Waals surface area contributed by atoms with Crippen LogP contribution in [0.5, 0.6) is 0 Å². The zero-order valence-electron chi connectivity index (χ0n) is 27.1. The molecule has 2 N–H and O–H groups in total. The number of hydrogen-bond acceptors (Lipinski definition) is 8. The molecular formula is C30H64N2NaO6S2. The number of hydroxylamine groups is 2. The molecule has 0 saturated carbocycles. The molecule has 243 valence electrons. The molecule has 0 atom stereocenters. The first kappa shape index (κ1) is 43.9. The van der Waals surface area contributed by atoms with Crippen molar-refractivity contribution in [3.63, 3.8) is 0 Å². The van der Waals surface area contributed by atoms with Gasteiger partial charge in [-0.1, -0.05) is 155 Å². The zero-order valence-corrected chi connectivity index (χ0v) is 30.7. The van der Waals surface area contributed by atoms with Crippen LogP contribution in [-0.2, 0) is 28.8 Å². The molecule has 0 aromatic heterocycles. The van der Waals surface area contributed by atoms with Crippen LogP contribution in [-0.4, -0.2) is 71.0 Å². The van der Waals surface area contributed by atoms with Crippen LogP contribution in [0.25, 0.3) is 0 Å². The second-order valence-corrected chi connectivity index (χ2v) is 14.6. The molecule has 0 bridgehead atoms. The summed E-state index contributed by atoms with van der Waals surface area (Å²) in [5.41, 5.74) is 4.91. The van der Waals surface area contributed by atoms with Gasteiger partial charge in [0, 0.05) is 42.6 Å². The minimum atomic E-state index is -3.99. The van der Waals surface area contributed by atoms with E-state index < -0.39 is 31.7 Å². The summed E-state index contributed by atoms with van der Waals surface area (Å²) in [5, 5.41) is 0. The van der Waals surface area contributed by atoms with Crippen LogP contribution in [0.2, 0.25) is 0 Å². The molecule has 0 unspecified atom stereocenters. The van der Waals surface area contributed by atoms with Gasteiger partial charge in [-0.25, -0.2) is 0 Å². The molecule has 0 spiro atoms. The first-order valence-electron chi connectivity index (χ1n) is 16.6. The van der Waals surface area contributed by atoms with Crippen molar-refractivity contribution in [1.29, 1.82) is 0 Å². The second-order valence-electron chi connectivity index (χ2n) is 11.3. The standard InChI is InChI=1S/C30H64N2O6S2.Na/c1-3-5-7-9-11-13-15-17-19-21-23-25-27-31-37-39(33,34)29-30-40(35,36)38-32-28-26-24-22-20-18-16-14-12-10-8-6-4-2;/h31-32H,3-30H2,1-2H3;. The van der Waals surface area contributed by atoms with Crippen molar-refractivity contribution in [2.45, 2.75) is 168 Å². The van der Waals surface area contributed by atoms with Gasteiger partial charge in [0.05, 0.1) is 11.5 Å². The molecule has 0 fully saturated rings. The van der Waals surface area contributed by atoms with Gasteiger partial charge in [0.1, 0.15) is 0 Å². The smallest absolute Gasteiger partial charge is 0.198 e. The molecule has 0 aromatic rings. The van der Waals surface area contributed by atoms with Crippen molar-refractivity contribution in [3.05, 3.63) is 0 Å². The SMILES string of the molecule is CCCCCCCCCCCCCCNOS(=O)(=O)CCS(=O)(=O)ONCCCCCCCCCCCCCC.[Na]. The Morgan fingerprint density at radius 2 is 0.610 bits per heavy atom. The Morgan fingerprint density at radius 3 is 0.854 bits per heavy atom. The summed E-state index contributed by atoms with van der Waals surface area (Å²) in [6, 6.07) is 0. The quantitative estimate of drug-likeness (QED) is 0.0429. The van der Waals surface area contributed by atoms with Gasteiger partial charge in [0.2, 0.25) is 0 Å². The van der Waals surface area contributed by atoms with Gasteiger partial charge in [0.25, 0.3) is 20.2 Å². The average molecular weight is 636 g/mol. The first-order chi connectivity index (χ1) is 19.3. The number of nitrogens with one attached hydrogen (secondary N) is 2. The van der Waals surface area contributed by atoms with Crippen LogP contribution in [0.4, 0.5) is 0 Å². The van der Waals surface area contributed by atoms with Gasteiger partial charge in [-0.15, -0.1) is 0 Å². The van der Waals surface area contributed by atoms with Gasteiger partial charge in [-0.05, 0) is 12.8 Å². The first-order valence-corrected chi connectivity index (χ1v) is 19.8. The Bertz CT molecular complexity index is 677. The maximum absolute atomic E-state index is 12.0. The van der Waals surface area contributed by atoms with E-state index >= 15 is 0 Å². The Balaban J connectivity index is 0. The number of rotatable bonds is 33. The van der Waals surface area contributed by atoms with Crippen LogP contribution in [0, 0.1) is 0 Å². The summed E-state index contributed by atoms with van der Waals surface area (Å²) < 4.78 is 57.4. The van der Waals surface area contributed by atoms with Crippen molar-refractivity contribution in [1.82, 2.24) is 11.0 Å². The third-order valence-electron chi connectivity index (χ3n) is 7.22. The van der Waals surface area contributed by atoms with E-state index in [9.17, 15) is 16.8 Å². The van der Waals surface area contributed by atoms with E-state index in [0.29, 0.717) is 13.1 Å². The van der Waals surface area contributed by atoms with E-state index in [4.69, 9.17) is 8.57 Å². The fourth-order valence-corrected chi connectivity index (χ4v) is 6.95. The summed E-state index contributed by atoms with van der Waals surface area (Å²) in [6.07, 6.45) is 29.5. The second kappa shape index (κ2) is 32.1. The normalized spacial score (nSPS) is 12.0. The summed E-state index contributed by atoms with van der Waals surface area (Å²) in [5.74, 6) is -1.30. The van der Waals surface area contributed by atoms with Gasteiger partial charge >= 0.3 is 0 Å². The topological polar surface area (TPSA) is 111 Å². The van der Waals surface area contributed by atoms with Gasteiger partial charge < -0.3 is 0 Å². The Kier molecular flexibility index (Phi) is 34.4. The van der Waals surface area contributed by atoms with Gasteiger partial charge in [-0.2, -0.15) is 36.4 Å². The van der Waals surface area contributed by atoms with E-state index in [0.717, 1.165) is 38.5 Å². The van der Waals surface area contributed by atoms with Crippen molar-refractivity contribution in [2.24, 2.45) is 0 Å². The van der Waals surface area contributed by atoms with Crippen LogP contribution >= 0.6 is 0 Å². The molecule has 0 aliphatic heterocycles. The van der Waals surface area contributed by atoms with Crippen molar-refractivity contribution in [2.75, 3.05) is 24.6 Å². The summed E-state index contributed by atoms with van der Waals surface area (Å²) in [6.45, 7) is 5.31. The molecule has 0 aliphatic carbocycles. The van der Waals surface area contributed by atoms with E-state index in [-0.39, 0.29) is 29.6 Å². The van der Waals surface area contributed by atoms with Crippen molar-refractivity contribution < 1.29 is 25.4 Å². The average Bonchev–Trinajstić information content (AvgIpc) is 2.92. The minimum absolute atomic E-state index is 0. The summed E-state index contributed by atoms with van der Waals surface area (Å²) in [4.78, 5) is 0. The van der Waals surface area contributed by atoms with Crippen LogP contribution in [0.3, 0.4) is 0 Å². The minimum Gasteiger partial charge on any atom is -0.198 e. The molecule has 0 heterocycles. The Labute approximate surface area is 277 Å². The molecular weight excluding hydrogens is 571 g/mol. The number of unbranched alkanes of at least 4 members (excludes halogenated alkanes) is 22. The monoisotopic (exact) mass is 635 g/mol. The largest absolute Gasteiger partial charge is 0.284 e. The van der Waals surface area contributed by atoms with Gasteiger partial charge in [0.15, 0.2) is 0 Å². The van der Waals surface area contributed by atoms with E-state index in [1.165, 1.54) is 116 Å². The molecule has 41 heavy (non-hydrogen) atoms. The van der Waals surface area contributed by atoms with Crippen molar-refractivity contribution >= 4 is 49.8 Å². The van der Waals surface area contributed by atoms with Gasteiger partial charge in [-0.3, -0.25) is 0 Å². The molecule has 0 aromatic carbocycles. The third-order valence-corrected chi connectivity index (χ3v) is 9.63. The fourth-order valence-electron chi connectivity index (χ4n) is 4.63. The predicted octanol–water partition coefficient (Wildman–Crippen LogP) is 7.71. The molecule has 0 rings (SSSR count). The molecule has 8 nitrogen and oxygen atoms in total. The molecule has 0 aliphatic rings. The van der Waals surface area contributed by atoms with E-state index in [1.54, 1.807) is 0 Å². The van der Waals surface area contributed by atoms with Crippen LogP contribution in [0.15, 0.2) is 0 Å². The Morgan fingerprint density at radius 1 is 0.390 bits per heavy atom. The van der Waals surface area contributed by atoms with Crippen LogP contribution in [0.1, 0.15) is 168 Å². The zero-order chi connectivity index (χ0) is 29.6.